The number of nitro benzene ring substituents is 1. The number of nitro groups is 1. The molecule has 0 aromatic heterocycles. The molecular formula is C41H29ClN2O7. The molecule has 252 valence electrons. The van der Waals surface area contributed by atoms with E-state index in [1.165, 1.54) is 12.1 Å². The molecule has 2 fully saturated rings. The van der Waals surface area contributed by atoms with Crippen molar-refractivity contribution in [1.82, 2.24) is 0 Å². The van der Waals surface area contributed by atoms with Crippen molar-refractivity contribution in [3.05, 3.63) is 165 Å². The first-order valence-corrected chi connectivity index (χ1v) is 16.6. The van der Waals surface area contributed by atoms with Crippen molar-refractivity contribution in [2.45, 2.75) is 10.8 Å². The van der Waals surface area contributed by atoms with E-state index in [1.54, 1.807) is 38.5 Å². The van der Waals surface area contributed by atoms with Crippen molar-refractivity contribution in [2.24, 2.45) is 11.8 Å². The third-order valence-corrected chi connectivity index (χ3v) is 10.9. The lowest BCUT2D eigenvalue weighted by molar-refractivity contribution is -0.384. The highest BCUT2D eigenvalue weighted by molar-refractivity contribution is 6.41. The van der Waals surface area contributed by atoms with Gasteiger partial charge in [-0.3, -0.25) is 24.5 Å². The van der Waals surface area contributed by atoms with Gasteiger partial charge in [-0.05, 0) is 63.7 Å². The molecule has 5 aromatic carbocycles. The molecule has 10 heteroatoms. The molecule has 0 unspecified atom stereocenters. The number of carbonyl (C=O) groups is 3. The molecule has 1 saturated heterocycles. The Bertz CT molecular complexity index is 2160. The van der Waals surface area contributed by atoms with E-state index in [0.29, 0.717) is 44.9 Å². The molecule has 4 atom stereocenters. The Hall–Kier alpha value is -6.06. The van der Waals surface area contributed by atoms with Crippen molar-refractivity contribution in [3.8, 4) is 11.5 Å². The van der Waals surface area contributed by atoms with Crippen LogP contribution in [0.4, 0.5) is 11.4 Å². The second-order valence-corrected chi connectivity index (χ2v) is 13.2. The van der Waals surface area contributed by atoms with Crippen molar-refractivity contribution in [2.75, 3.05) is 19.1 Å². The minimum absolute atomic E-state index is 0.0119. The number of hydrogen-bond acceptors (Lipinski definition) is 7. The van der Waals surface area contributed by atoms with Crippen molar-refractivity contribution >= 4 is 51.7 Å². The lowest BCUT2D eigenvalue weighted by atomic mass is 9.59. The third-order valence-electron chi connectivity index (χ3n) is 10.6. The van der Waals surface area contributed by atoms with Crippen LogP contribution < -0.4 is 14.4 Å². The molecule has 51 heavy (non-hydrogen) atoms. The van der Waals surface area contributed by atoms with Crippen molar-refractivity contribution in [1.29, 1.82) is 0 Å². The van der Waals surface area contributed by atoms with Crippen LogP contribution in [0, 0.1) is 22.0 Å². The fraction of sp³-hybridized carbons (Fsp3) is 0.146. The second kappa shape index (κ2) is 11.8. The number of imide groups is 1. The van der Waals surface area contributed by atoms with Crippen LogP contribution in [0.3, 0.4) is 0 Å². The van der Waals surface area contributed by atoms with E-state index in [1.807, 2.05) is 84.9 Å². The molecule has 1 heterocycles. The summed E-state index contributed by atoms with van der Waals surface area (Å²) in [7, 11) is 3.13. The molecule has 1 saturated carbocycles. The van der Waals surface area contributed by atoms with Gasteiger partial charge in [0, 0.05) is 12.1 Å². The summed E-state index contributed by atoms with van der Waals surface area (Å²) in [4.78, 5) is 58.6. The SMILES string of the molecule is COc1ccc(C2=C(c3ccc(OC)cc3)[C@@]3(c4ccccc4)C(=O)[C@@]2(c2ccccc2)[C@@H]2C(=O)N(c4cc([N+](=O)[O-])ccc4Cl)C(=O)[C@@H]23)cc1. The predicted molar refractivity (Wildman–Crippen MR) is 192 cm³/mol. The maximum atomic E-state index is 16.1. The number of methoxy groups -OCH3 is 2. The number of benzene rings is 5. The van der Waals surface area contributed by atoms with Crippen LogP contribution in [0.1, 0.15) is 22.3 Å². The third kappa shape index (κ3) is 4.24. The van der Waals surface area contributed by atoms with Gasteiger partial charge in [0.05, 0.1) is 52.5 Å². The average molecular weight is 697 g/mol. The summed E-state index contributed by atoms with van der Waals surface area (Å²) in [6.45, 7) is 0. The molecule has 1 aliphatic heterocycles. The molecule has 2 bridgehead atoms. The fourth-order valence-corrected chi connectivity index (χ4v) is 8.87. The first-order valence-electron chi connectivity index (χ1n) is 16.2. The van der Waals surface area contributed by atoms with Crippen LogP contribution in [0.25, 0.3) is 11.1 Å². The highest BCUT2D eigenvalue weighted by atomic mass is 35.5. The van der Waals surface area contributed by atoms with E-state index in [2.05, 4.69) is 0 Å². The van der Waals surface area contributed by atoms with Crippen LogP contribution in [-0.4, -0.2) is 36.7 Å². The summed E-state index contributed by atoms with van der Waals surface area (Å²) in [5.74, 6) is -2.88. The topological polar surface area (TPSA) is 116 Å². The van der Waals surface area contributed by atoms with Gasteiger partial charge < -0.3 is 9.47 Å². The van der Waals surface area contributed by atoms with Crippen LogP contribution in [-0.2, 0) is 25.2 Å². The van der Waals surface area contributed by atoms with Crippen LogP contribution >= 0.6 is 11.6 Å². The molecule has 0 radical (unpaired) electrons. The number of non-ortho nitro benzene ring substituents is 1. The van der Waals surface area contributed by atoms with E-state index in [-0.39, 0.29) is 22.2 Å². The normalized spacial score (nSPS) is 23.5. The van der Waals surface area contributed by atoms with E-state index in [0.717, 1.165) is 11.0 Å². The zero-order valence-corrected chi connectivity index (χ0v) is 28.2. The molecule has 0 spiro atoms. The number of anilines is 1. The van der Waals surface area contributed by atoms with Crippen LogP contribution in [0.2, 0.25) is 5.02 Å². The summed E-state index contributed by atoms with van der Waals surface area (Å²) < 4.78 is 11.0. The average Bonchev–Trinajstić information content (AvgIpc) is 3.67. The highest BCUT2D eigenvalue weighted by Gasteiger charge is 2.82. The lowest BCUT2D eigenvalue weighted by Crippen LogP contribution is -2.45. The largest absolute Gasteiger partial charge is 0.497 e. The summed E-state index contributed by atoms with van der Waals surface area (Å²) >= 11 is 6.63. The fourth-order valence-electron chi connectivity index (χ4n) is 8.66. The lowest BCUT2D eigenvalue weighted by Gasteiger charge is -2.39. The Balaban J connectivity index is 1.53. The number of amides is 2. The number of carbonyl (C=O) groups excluding carboxylic acids is 3. The molecule has 5 aromatic rings. The number of ketones is 1. The molecule has 0 N–H and O–H groups in total. The van der Waals surface area contributed by atoms with Gasteiger partial charge in [-0.15, -0.1) is 0 Å². The van der Waals surface area contributed by atoms with Gasteiger partial charge in [0.1, 0.15) is 11.5 Å². The zero-order chi connectivity index (χ0) is 35.7. The van der Waals surface area contributed by atoms with E-state index >= 15 is 14.4 Å². The quantitative estimate of drug-likeness (QED) is 0.0940. The number of nitrogens with zero attached hydrogens (tertiary/aromatic N) is 2. The second-order valence-electron chi connectivity index (χ2n) is 12.7. The minimum Gasteiger partial charge on any atom is -0.497 e. The van der Waals surface area contributed by atoms with Gasteiger partial charge in [-0.1, -0.05) is 96.5 Å². The predicted octanol–water partition coefficient (Wildman–Crippen LogP) is 7.45. The maximum absolute atomic E-state index is 16.1. The number of fused-ring (bicyclic) bond motifs is 5. The zero-order valence-electron chi connectivity index (χ0n) is 27.4. The van der Waals surface area contributed by atoms with Crippen molar-refractivity contribution < 1.29 is 28.8 Å². The number of halogens is 1. The van der Waals surface area contributed by atoms with Crippen LogP contribution in [0.5, 0.6) is 11.5 Å². The Morgan fingerprint density at radius 3 is 1.47 bits per heavy atom. The Morgan fingerprint density at radius 1 is 0.647 bits per heavy atom. The van der Waals surface area contributed by atoms with Gasteiger partial charge in [0.25, 0.3) is 5.69 Å². The van der Waals surface area contributed by atoms with E-state index < -0.39 is 39.4 Å². The first kappa shape index (κ1) is 32.2. The number of Topliss-reactive ketones (excluding diaryl/α,β-unsaturated/α-hetero) is 1. The van der Waals surface area contributed by atoms with E-state index in [4.69, 9.17) is 21.1 Å². The smallest absolute Gasteiger partial charge is 0.271 e. The Kier molecular flexibility index (Phi) is 7.43. The number of ether oxygens (including phenoxy) is 2. The summed E-state index contributed by atoms with van der Waals surface area (Å²) in [5.41, 5.74) is -0.168. The Labute approximate surface area is 297 Å². The van der Waals surface area contributed by atoms with Crippen LogP contribution in [0.15, 0.2) is 127 Å². The molecule has 2 amide bonds. The Morgan fingerprint density at radius 2 is 1.08 bits per heavy atom. The molecule has 2 aliphatic carbocycles. The standard InChI is InChI=1S/C41H29ClN2O7/c1-50-29-18-13-24(14-19-29)33-34(25-15-20-30(51-2)21-16-25)41(27-11-7-4-8-12-27)36-35(40(33,39(41)47)26-9-5-3-6-10-26)37(45)43(38(36)46)32-23-28(44(48)49)17-22-31(32)42/h3-23,35-36H,1-2H3/t35-,36+,40-,41-/m1/s1. The van der Waals surface area contributed by atoms with Gasteiger partial charge >= 0.3 is 0 Å². The summed E-state index contributed by atoms with van der Waals surface area (Å²) in [6, 6.07) is 36.4. The molecule has 9 nitrogen and oxygen atoms in total. The molecule has 3 aliphatic rings. The molecular weight excluding hydrogens is 668 g/mol. The maximum Gasteiger partial charge on any atom is 0.271 e. The van der Waals surface area contributed by atoms with Gasteiger partial charge in [-0.25, -0.2) is 4.90 Å². The van der Waals surface area contributed by atoms with Crippen molar-refractivity contribution in [3.63, 3.8) is 0 Å². The number of rotatable bonds is 8. The highest BCUT2D eigenvalue weighted by Crippen LogP contribution is 2.74. The number of allylic oxidation sites excluding steroid dienone is 2. The monoisotopic (exact) mass is 696 g/mol. The minimum atomic E-state index is -1.67. The van der Waals surface area contributed by atoms with Gasteiger partial charge in [-0.2, -0.15) is 0 Å². The van der Waals surface area contributed by atoms with E-state index in [9.17, 15) is 10.1 Å². The summed E-state index contributed by atoms with van der Waals surface area (Å²) in [5, 5.41) is 11.9. The van der Waals surface area contributed by atoms with Gasteiger partial charge in [0.15, 0.2) is 5.78 Å². The number of hydrogen-bond donors (Lipinski definition) is 0. The summed E-state index contributed by atoms with van der Waals surface area (Å²) in [6.07, 6.45) is 0. The first-order chi connectivity index (χ1) is 24.7. The van der Waals surface area contributed by atoms with Gasteiger partial charge in [0.2, 0.25) is 11.8 Å². The molecule has 8 rings (SSSR count).